The number of aromatic nitrogens is 1. The second-order valence-electron chi connectivity index (χ2n) is 5.06. The molecule has 1 fully saturated rings. The Labute approximate surface area is 108 Å². The first-order chi connectivity index (χ1) is 8.83. The summed E-state index contributed by atoms with van der Waals surface area (Å²) in [7, 11) is 2.18. The summed E-state index contributed by atoms with van der Waals surface area (Å²) in [5.74, 6) is 0. The van der Waals surface area contributed by atoms with Crippen molar-refractivity contribution in [3.8, 4) is 0 Å². The summed E-state index contributed by atoms with van der Waals surface area (Å²) in [4.78, 5) is 6.93. The van der Waals surface area contributed by atoms with E-state index in [2.05, 4.69) is 46.5 Å². The van der Waals surface area contributed by atoms with Gasteiger partial charge in [0.05, 0.1) is 5.52 Å². The highest BCUT2D eigenvalue weighted by Crippen LogP contribution is 2.21. The number of rotatable bonds is 1. The second-order valence-corrected chi connectivity index (χ2v) is 5.06. The van der Waals surface area contributed by atoms with E-state index in [1.165, 1.54) is 10.9 Å². The number of para-hydroxylation sites is 1. The van der Waals surface area contributed by atoms with E-state index in [-0.39, 0.29) is 0 Å². The molecule has 1 saturated heterocycles. The van der Waals surface area contributed by atoms with Crippen LogP contribution in [0.15, 0.2) is 36.5 Å². The molecule has 1 aromatic carbocycles. The number of hydrogen-bond acceptors (Lipinski definition) is 3. The lowest BCUT2D eigenvalue weighted by molar-refractivity contribution is 0.355. The van der Waals surface area contributed by atoms with Crippen molar-refractivity contribution in [2.45, 2.75) is 12.5 Å². The first-order valence-electron chi connectivity index (χ1n) is 6.59. The van der Waals surface area contributed by atoms with Crippen molar-refractivity contribution in [2.24, 2.45) is 0 Å². The predicted molar refractivity (Wildman–Crippen MR) is 74.6 cm³/mol. The van der Waals surface area contributed by atoms with E-state index in [0.29, 0.717) is 6.04 Å². The van der Waals surface area contributed by atoms with Crippen LogP contribution in [0.1, 0.15) is 18.0 Å². The van der Waals surface area contributed by atoms with Crippen LogP contribution < -0.4 is 5.32 Å². The average molecular weight is 241 g/mol. The third-order valence-corrected chi connectivity index (χ3v) is 3.70. The van der Waals surface area contributed by atoms with Gasteiger partial charge in [0.15, 0.2) is 0 Å². The van der Waals surface area contributed by atoms with Gasteiger partial charge in [-0.15, -0.1) is 0 Å². The van der Waals surface area contributed by atoms with Gasteiger partial charge in [-0.1, -0.05) is 18.2 Å². The molecule has 3 heteroatoms. The second kappa shape index (κ2) is 5.04. The van der Waals surface area contributed by atoms with Crippen LogP contribution in [0.2, 0.25) is 0 Å². The molecule has 94 valence electrons. The highest BCUT2D eigenvalue weighted by atomic mass is 15.1. The Morgan fingerprint density at radius 3 is 3.11 bits per heavy atom. The maximum Gasteiger partial charge on any atom is 0.0702 e. The van der Waals surface area contributed by atoms with Gasteiger partial charge in [-0.3, -0.25) is 4.98 Å². The predicted octanol–water partition coefficient (Wildman–Crippen LogP) is 2.20. The molecule has 1 aliphatic heterocycles. The van der Waals surface area contributed by atoms with Crippen LogP contribution in [0.5, 0.6) is 0 Å². The average Bonchev–Trinajstić information content (AvgIpc) is 2.63. The molecule has 18 heavy (non-hydrogen) atoms. The van der Waals surface area contributed by atoms with Gasteiger partial charge >= 0.3 is 0 Å². The molecule has 0 spiro atoms. The molecule has 1 atom stereocenters. The number of hydrogen-bond donors (Lipinski definition) is 1. The zero-order valence-electron chi connectivity index (χ0n) is 10.8. The molecule has 0 bridgehead atoms. The third-order valence-electron chi connectivity index (χ3n) is 3.70. The molecule has 1 N–H and O–H groups in total. The lowest BCUT2D eigenvalue weighted by atomic mass is 10.0. The van der Waals surface area contributed by atoms with Crippen LogP contribution >= 0.6 is 0 Å². The minimum atomic E-state index is 0.437. The molecule has 2 heterocycles. The highest BCUT2D eigenvalue weighted by molar-refractivity contribution is 5.78. The van der Waals surface area contributed by atoms with E-state index < -0.39 is 0 Å². The maximum absolute atomic E-state index is 4.55. The standard InChI is InChI=1S/C15H19N3/c1-18-8-6-15(16-7-9-18)13-10-12-4-2-3-5-14(12)17-11-13/h2-5,10-11,15-16H,6-9H2,1H3. The molecule has 0 radical (unpaired) electrons. The Morgan fingerprint density at radius 2 is 2.17 bits per heavy atom. The van der Waals surface area contributed by atoms with Crippen molar-refractivity contribution in [3.05, 3.63) is 42.1 Å². The van der Waals surface area contributed by atoms with Gasteiger partial charge in [0.2, 0.25) is 0 Å². The normalized spacial score (nSPS) is 21.9. The van der Waals surface area contributed by atoms with Gasteiger partial charge in [0, 0.05) is 30.7 Å². The smallest absolute Gasteiger partial charge is 0.0702 e. The molecule has 1 aliphatic rings. The summed E-state index contributed by atoms with van der Waals surface area (Å²) in [6.07, 6.45) is 3.17. The molecule has 3 rings (SSSR count). The minimum Gasteiger partial charge on any atom is -0.309 e. The van der Waals surface area contributed by atoms with Crippen molar-refractivity contribution in [2.75, 3.05) is 26.7 Å². The van der Waals surface area contributed by atoms with Crippen LogP contribution in [-0.2, 0) is 0 Å². The van der Waals surface area contributed by atoms with Crippen molar-refractivity contribution in [1.29, 1.82) is 0 Å². The first-order valence-corrected chi connectivity index (χ1v) is 6.59. The molecule has 1 unspecified atom stereocenters. The fraction of sp³-hybridized carbons (Fsp3) is 0.400. The summed E-state index contributed by atoms with van der Waals surface area (Å²) in [6, 6.07) is 11.0. The largest absolute Gasteiger partial charge is 0.309 e. The monoisotopic (exact) mass is 241 g/mol. The third kappa shape index (κ3) is 2.37. The molecule has 0 amide bonds. The lowest BCUT2D eigenvalue weighted by Crippen LogP contribution is -2.25. The number of nitrogens with one attached hydrogen (secondary N) is 1. The molecule has 1 aromatic heterocycles. The Kier molecular flexibility index (Phi) is 3.26. The van der Waals surface area contributed by atoms with Crippen LogP contribution in [0.25, 0.3) is 10.9 Å². The molecule has 0 saturated carbocycles. The van der Waals surface area contributed by atoms with E-state index in [1.807, 2.05) is 12.3 Å². The van der Waals surface area contributed by atoms with Crippen molar-refractivity contribution >= 4 is 10.9 Å². The van der Waals surface area contributed by atoms with Gasteiger partial charge in [0.25, 0.3) is 0 Å². The van der Waals surface area contributed by atoms with Gasteiger partial charge in [-0.05, 0) is 37.7 Å². The van der Waals surface area contributed by atoms with Crippen LogP contribution in [0.3, 0.4) is 0 Å². The summed E-state index contributed by atoms with van der Waals surface area (Å²) in [5, 5.41) is 4.84. The zero-order valence-corrected chi connectivity index (χ0v) is 10.8. The number of pyridine rings is 1. The fourth-order valence-electron chi connectivity index (χ4n) is 2.56. The fourth-order valence-corrected chi connectivity index (χ4v) is 2.56. The van der Waals surface area contributed by atoms with Crippen molar-refractivity contribution in [3.63, 3.8) is 0 Å². The Hall–Kier alpha value is -1.45. The highest BCUT2D eigenvalue weighted by Gasteiger charge is 2.16. The van der Waals surface area contributed by atoms with Crippen molar-refractivity contribution in [1.82, 2.24) is 15.2 Å². The van der Waals surface area contributed by atoms with E-state index in [4.69, 9.17) is 0 Å². The summed E-state index contributed by atoms with van der Waals surface area (Å²) in [6.45, 7) is 3.32. The number of benzene rings is 1. The molecule has 2 aromatic rings. The topological polar surface area (TPSA) is 28.2 Å². The van der Waals surface area contributed by atoms with E-state index in [1.54, 1.807) is 0 Å². The van der Waals surface area contributed by atoms with Gasteiger partial charge in [-0.25, -0.2) is 0 Å². The molecule has 0 aliphatic carbocycles. The lowest BCUT2D eigenvalue weighted by Gasteiger charge is -2.16. The van der Waals surface area contributed by atoms with Crippen LogP contribution in [0.4, 0.5) is 0 Å². The Morgan fingerprint density at radius 1 is 1.28 bits per heavy atom. The first kappa shape index (κ1) is 11.6. The van der Waals surface area contributed by atoms with Crippen molar-refractivity contribution < 1.29 is 0 Å². The number of nitrogens with zero attached hydrogens (tertiary/aromatic N) is 2. The number of fused-ring (bicyclic) bond motifs is 1. The van der Waals surface area contributed by atoms with Crippen LogP contribution in [-0.4, -0.2) is 36.6 Å². The van der Waals surface area contributed by atoms with Gasteiger partial charge in [0.1, 0.15) is 0 Å². The summed E-state index contributed by atoms with van der Waals surface area (Å²) < 4.78 is 0. The summed E-state index contributed by atoms with van der Waals surface area (Å²) in [5.41, 5.74) is 2.39. The zero-order chi connectivity index (χ0) is 12.4. The van der Waals surface area contributed by atoms with Gasteiger partial charge in [-0.2, -0.15) is 0 Å². The summed E-state index contributed by atoms with van der Waals surface area (Å²) >= 11 is 0. The van der Waals surface area contributed by atoms with E-state index >= 15 is 0 Å². The molecule has 3 nitrogen and oxygen atoms in total. The quantitative estimate of drug-likeness (QED) is 0.829. The molecular weight excluding hydrogens is 222 g/mol. The minimum absolute atomic E-state index is 0.437. The van der Waals surface area contributed by atoms with Crippen LogP contribution in [0, 0.1) is 0 Å². The Balaban J connectivity index is 1.89. The van der Waals surface area contributed by atoms with E-state index in [9.17, 15) is 0 Å². The SMILES string of the molecule is CN1CCNC(c2cnc3ccccc3c2)CC1. The Bertz CT molecular complexity index is 538. The number of likely N-dealkylation sites (N-methyl/N-ethyl adjacent to an activating group) is 1. The molecular formula is C15H19N3. The maximum atomic E-state index is 4.55. The van der Waals surface area contributed by atoms with Gasteiger partial charge < -0.3 is 10.2 Å². The van der Waals surface area contributed by atoms with E-state index in [0.717, 1.165) is 31.6 Å².